The van der Waals surface area contributed by atoms with E-state index in [1.807, 2.05) is 0 Å². The van der Waals surface area contributed by atoms with E-state index in [4.69, 9.17) is 17.3 Å². The molecule has 0 atom stereocenters. The molecule has 0 radical (unpaired) electrons. The van der Waals surface area contributed by atoms with Gasteiger partial charge < -0.3 is 5.73 Å². The van der Waals surface area contributed by atoms with Crippen molar-refractivity contribution in [3.8, 4) is 0 Å². The second kappa shape index (κ2) is 5.36. The van der Waals surface area contributed by atoms with E-state index in [0.29, 0.717) is 18.0 Å². The highest BCUT2D eigenvalue weighted by Crippen LogP contribution is 2.16. The molecule has 1 aromatic rings. The number of benzene rings is 1. The van der Waals surface area contributed by atoms with Gasteiger partial charge in [0.2, 0.25) is 0 Å². The molecule has 0 saturated heterocycles. The van der Waals surface area contributed by atoms with Crippen molar-refractivity contribution in [2.24, 2.45) is 5.73 Å². The lowest BCUT2D eigenvalue weighted by molar-refractivity contribution is 0.627. The zero-order valence-corrected chi connectivity index (χ0v) is 7.96. The molecule has 0 heterocycles. The minimum atomic E-state index is -0.309. The topological polar surface area (TPSA) is 26.0 Å². The molecule has 0 aliphatic carbocycles. The highest BCUT2D eigenvalue weighted by atomic mass is 35.5. The van der Waals surface area contributed by atoms with Crippen LogP contribution < -0.4 is 5.73 Å². The molecule has 0 spiro atoms. The molecule has 0 aliphatic rings. The van der Waals surface area contributed by atoms with Crippen LogP contribution in [0.3, 0.4) is 0 Å². The van der Waals surface area contributed by atoms with Gasteiger partial charge in [-0.2, -0.15) is 0 Å². The number of halogens is 3. The van der Waals surface area contributed by atoms with Gasteiger partial charge in [-0.05, 0) is 30.7 Å². The van der Waals surface area contributed by atoms with Crippen molar-refractivity contribution in [1.82, 2.24) is 0 Å². The Morgan fingerprint density at radius 3 is 2.58 bits per heavy atom. The van der Waals surface area contributed by atoms with Crippen molar-refractivity contribution < 1.29 is 4.39 Å². The zero-order valence-electron chi connectivity index (χ0n) is 6.39. The van der Waals surface area contributed by atoms with Crippen molar-refractivity contribution in [2.45, 2.75) is 6.42 Å². The predicted octanol–water partition coefficient (Wildman–Crippen LogP) is 2.40. The van der Waals surface area contributed by atoms with Crippen LogP contribution in [0.2, 0.25) is 5.02 Å². The first-order valence-corrected chi connectivity index (χ1v) is 3.76. The van der Waals surface area contributed by atoms with Gasteiger partial charge in [-0.1, -0.05) is 17.7 Å². The van der Waals surface area contributed by atoms with Crippen molar-refractivity contribution >= 4 is 24.0 Å². The summed E-state index contributed by atoms with van der Waals surface area (Å²) in [5.74, 6) is -0.309. The highest BCUT2D eigenvalue weighted by molar-refractivity contribution is 6.31. The van der Waals surface area contributed by atoms with Gasteiger partial charge in [0, 0.05) is 5.02 Å². The van der Waals surface area contributed by atoms with Crippen molar-refractivity contribution in [3.05, 3.63) is 34.6 Å². The molecule has 1 aromatic carbocycles. The molecule has 0 bridgehead atoms. The summed E-state index contributed by atoms with van der Waals surface area (Å²) in [4.78, 5) is 0. The summed E-state index contributed by atoms with van der Waals surface area (Å²) in [5.41, 5.74) is 6.21. The summed E-state index contributed by atoms with van der Waals surface area (Å²) < 4.78 is 12.5. The summed E-state index contributed by atoms with van der Waals surface area (Å²) >= 11 is 5.71. The van der Waals surface area contributed by atoms with Crippen LogP contribution in [0.4, 0.5) is 4.39 Å². The van der Waals surface area contributed by atoms with Crippen LogP contribution in [0.5, 0.6) is 0 Å². The third kappa shape index (κ3) is 2.97. The minimum absolute atomic E-state index is 0. The summed E-state index contributed by atoms with van der Waals surface area (Å²) in [7, 11) is 0. The Bertz CT molecular complexity index is 253. The second-order valence-corrected chi connectivity index (χ2v) is 2.68. The summed E-state index contributed by atoms with van der Waals surface area (Å²) in [6.07, 6.45) is 0.694. The molecule has 0 saturated carbocycles. The lowest BCUT2D eigenvalue weighted by Crippen LogP contribution is -2.03. The van der Waals surface area contributed by atoms with Crippen LogP contribution in [0.1, 0.15) is 5.56 Å². The molecule has 0 aliphatic heterocycles. The molecular weight excluding hydrogens is 200 g/mol. The Kier molecular flexibility index (Phi) is 5.22. The van der Waals surface area contributed by atoms with Gasteiger partial charge in [0.1, 0.15) is 5.82 Å². The lowest BCUT2D eigenvalue weighted by Gasteiger charge is -2.00. The highest BCUT2D eigenvalue weighted by Gasteiger charge is 1.99. The summed E-state index contributed by atoms with van der Waals surface area (Å²) in [6.45, 7) is 0.533. The summed E-state index contributed by atoms with van der Waals surface area (Å²) in [5, 5.41) is 0.454. The fourth-order valence-corrected chi connectivity index (χ4v) is 1.14. The van der Waals surface area contributed by atoms with E-state index < -0.39 is 0 Å². The van der Waals surface area contributed by atoms with E-state index in [9.17, 15) is 4.39 Å². The van der Waals surface area contributed by atoms with Gasteiger partial charge in [-0.3, -0.25) is 0 Å². The Hall–Kier alpha value is -0.310. The van der Waals surface area contributed by atoms with Crippen LogP contribution >= 0.6 is 24.0 Å². The first-order chi connectivity index (χ1) is 5.24. The molecule has 0 unspecified atom stereocenters. The Morgan fingerprint density at radius 2 is 2.08 bits per heavy atom. The fraction of sp³-hybridized carbons (Fsp3) is 0.250. The smallest absolute Gasteiger partial charge is 0.124 e. The van der Waals surface area contributed by atoms with Crippen LogP contribution in [0, 0.1) is 5.82 Å². The normalized spacial score (nSPS) is 9.25. The molecule has 2 N–H and O–H groups in total. The summed E-state index contributed by atoms with van der Waals surface area (Å²) in [6, 6.07) is 4.34. The van der Waals surface area contributed by atoms with E-state index in [-0.39, 0.29) is 18.2 Å². The van der Waals surface area contributed by atoms with E-state index in [1.165, 1.54) is 12.1 Å². The van der Waals surface area contributed by atoms with Gasteiger partial charge in [-0.25, -0.2) is 4.39 Å². The maximum Gasteiger partial charge on any atom is 0.124 e. The molecule has 1 rings (SSSR count). The maximum absolute atomic E-state index is 12.5. The maximum atomic E-state index is 12.5. The quantitative estimate of drug-likeness (QED) is 0.796. The number of hydrogen-bond acceptors (Lipinski definition) is 1. The van der Waals surface area contributed by atoms with Crippen molar-refractivity contribution in [2.75, 3.05) is 6.54 Å². The third-order valence-corrected chi connectivity index (χ3v) is 1.78. The molecule has 1 nitrogen and oxygen atoms in total. The van der Waals surface area contributed by atoms with Gasteiger partial charge in [0.25, 0.3) is 0 Å². The van der Waals surface area contributed by atoms with Gasteiger partial charge >= 0.3 is 0 Å². The average molecular weight is 210 g/mol. The lowest BCUT2D eigenvalue weighted by atomic mass is 10.1. The standard InChI is InChI=1S/C8H9ClFN.ClH/c9-8-5-7(10)2-1-6(8)3-4-11;/h1-2,5H,3-4,11H2;1H. The number of hydrogen-bond donors (Lipinski definition) is 1. The molecule has 68 valence electrons. The van der Waals surface area contributed by atoms with Gasteiger partial charge in [-0.15, -0.1) is 12.4 Å². The van der Waals surface area contributed by atoms with Gasteiger partial charge in [0.15, 0.2) is 0 Å². The van der Waals surface area contributed by atoms with E-state index in [1.54, 1.807) is 6.07 Å². The largest absolute Gasteiger partial charge is 0.330 e. The molecule has 0 amide bonds. The second-order valence-electron chi connectivity index (χ2n) is 2.27. The average Bonchev–Trinajstić information content (AvgIpc) is 1.95. The van der Waals surface area contributed by atoms with Crippen LogP contribution in [0.25, 0.3) is 0 Å². The first-order valence-electron chi connectivity index (χ1n) is 3.38. The first kappa shape index (κ1) is 11.7. The molecule has 12 heavy (non-hydrogen) atoms. The van der Waals surface area contributed by atoms with Crippen LogP contribution in [-0.2, 0) is 6.42 Å². The fourth-order valence-electron chi connectivity index (χ4n) is 0.880. The Balaban J connectivity index is 0.00000121. The number of nitrogens with two attached hydrogens (primary N) is 1. The van der Waals surface area contributed by atoms with Crippen molar-refractivity contribution in [3.63, 3.8) is 0 Å². The van der Waals surface area contributed by atoms with Gasteiger partial charge in [0.05, 0.1) is 0 Å². The van der Waals surface area contributed by atoms with Crippen molar-refractivity contribution in [1.29, 1.82) is 0 Å². The molecule has 0 aromatic heterocycles. The zero-order chi connectivity index (χ0) is 8.27. The van der Waals surface area contributed by atoms with E-state index in [0.717, 1.165) is 5.56 Å². The molecule has 0 fully saturated rings. The SMILES string of the molecule is Cl.NCCc1ccc(F)cc1Cl. The predicted molar refractivity (Wildman–Crippen MR) is 51.4 cm³/mol. The minimum Gasteiger partial charge on any atom is -0.330 e. The third-order valence-electron chi connectivity index (χ3n) is 1.43. The Morgan fingerprint density at radius 1 is 1.42 bits per heavy atom. The van der Waals surface area contributed by atoms with Crippen LogP contribution in [-0.4, -0.2) is 6.54 Å². The molecular formula is C8H10Cl2FN. The van der Waals surface area contributed by atoms with E-state index in [2.05, 4.69) is 0 Å². The monoisotopic (exact) mass is 209 g/mol. The van der Waals surface area contributed by atoms with E-state index >= 15 is 0 Å². The Labute approximate surface area is 82.1 Å². The molecule has 4 heteroatoms. The number of rotatable bonds is 2. The van der Waals surface area contributed by atoms with Crippen LogP contribution in [0.15, 0.2) is 18.2 Å².